The van der Waals surface area contributed by atoms with E-state index < -0.39 is 5.97 Å². The Balaban J connectivity index is 1.75. The third-order valence-electron chi connectivity index (χ3n) is 2.86. The van der Waals surface area contributed by atoms with Gasteiger partial charge in [-0.15, -0.1) is 0 Å². The average molecular weight is 284 g/mol. The van der Waals surface area contributed by atoms with Crippen molar-refractivity contribution >= 4 is 11.9 Å². The van der Waals surface area contributed by atoms with E-state index >= 15 is 0 Å². The van der Waals surface area contributed by atoms with E-state index in [1.54, 1.807) is 0 Å². The molecule has 0 aliphatic heterocycles. The summed E-state index contributed by atoms with van der Waals surface area (Å²) in [6.07, 6.45) is 2.99. The van der Waals surface area contributed by atoms with Crippen molar-refractivity contribution in [2.24, 2.45) is 0 Å². The van der Waals surface area contributed by atoms with Gasteiger partial charge in [0.1, 0.15) is 0 Å². The van der Waals surface area contributed by atoms with Crippen LogP contribution >= 0.6 is 0 Å². The van der Waals surface area contributed by atoms with Gasteiger partial charge in [0, 0.05) is 18.9 Å². The zero-order valence-electron chi connectivity index (χ0n) is 11.7. The molecule has 5 heteroatoms. The molecule has 0 fully saturated rings. The Morgan fingerprint density at radius 3 is 2.43 bits per heavy atom. The largest absolute Gasteiger partial charge is 0.452 e. The Morgan fingerprint density at radius 1 is 1.10 bits per heavy atom. The number of amides is 1. The molecule has 2 aromatic rings. The van der Waals surface area contributed by atoms with E-state index in [4.69, 9.17) is 4.74 Å². The van der Waals surface area contributed by atoms with E-state index in [-0.39, 0.29) is 12.5 Å². The normalized spacial score (nSPS) is 9.95. The summed E-state index contributed by atoms with van der Waals surface area (Å²) < 4.78 is 4.92. The molecular formula is C16H16N2O3. The van der Waals surface area contributed by atoms with Gasteiger partial charge < -0.3 is 10.1 Å². The number of nitrogens with zero attached hydrogens (tertiary/aromatic N) is 1. The minimum absolute atomic E-state index is 0.299. The van der Waals surface area contributed by atoms with Crippen LogP contribution in [-0.2, 0) is 16.1 Å². The van der Waals surface area contributed by atoms with Crippen molar-refractivity contribution in [3.8, 4) is 0 Å². The lowest BCUT2D eigenvalue weighted by molar-refractivity contribution is -0.124. The van der Waals surface area contributed by atoms with Crippen LogP contribution in [0.25, 0.3) is 0 Å². The van der Waals surface area contributed by atoms with E-state index in [1.807, 2.05) is 31.2 Å². The summed E-state index contributed by atoms with van der Waals surface area (Å²) in [5.74, 6) is -0.874. The van der Waals surface area contributed by atoms with Crippen molar-refractivity contribution in [1.29, 1.82) is 0 Å². The van der Waals surface area contributed by atoms with Crippen molar-refractivity contribution in [3.05, 3.63) is 65.5 Å². The maximum Gasteiger partial charge on any atom is 0.338 e. The molecular weight excluding hydrogens is 268 g/mol. The SMILES string of the molecule is Cc1ccc(CNC(=O)COC(=O)c2ccncc2)cc1. The monoisotopic (exact) mass is 284 g/mol. The lowest BCUT2D eigenvalue weighted by atomic mass is 10.1. The van der Waals surface area contributed by atoms with Gasteiger partial charge in [-0.25, -0.2) is 4.79 Å². The molecule has 0 spiro atoms. The van der Waals surface area contributed by atoms with Crippen LogP contribution in [0.5, 0.6) is 0 Å². The molecule has 1 amide bonds. The van der Waals surface area contributed by atoms with Gasteiger partial charge in [0.15, 0.2) is 6.61 Å². The number of aromatic nitrogens is 1. The molecule has 1 N–H and O–H groups in total. The second kappa shape index (κ2) is 7.19. The van der Waals surface area contributed by atoms with Crippen LogP contribution < -0.4 is 5.32 Å². The van der Waals surface area contributed by atoms with Crippen LogP contribution in [0.15, 0.2) is 48.8 Å². The quantitative estimate of drug-likeness (QED) is 0.851. The fourth-order valence-corrected chi connectivity index (χ4v) is 1.66. The fourth-order valence-electron chi connectivity index (χ4n) is 1.66. The minimum atomic E-state index is -0.539. The highest BCUT2D eigenvalue weighted by Gasteiger charge is 2.09. The summed E-state index contributed by atoms with van der Waals surface area (Å²) in [4.78, 5) is 27.1. The Labute approximate surface area is 123 Å². The van der Waals surface area contributed by atoms with Gasteiger partial charge in [-0.2, -0.15) is 0 Å². The number of benzene rings is 1. The summed E-state index contributed by atoms with van der Waals surface area (Å²) in [7, 11) is 0. The molecule has 2 rings (SSSR count). The van der Waals surface area contributed by atoms with Gasteiger partial charge in [0.25, 0.3) is 5.91 Å². The van der Waals surface area contributed by atoms with Crippen molar-refractivity contribution in [3.63, 3.8) is 0 Å². The fraction of sp³-hybridized carbons (Fsp3) is 0.188. The first-order valence-corrected chi connectivity index (χ1v) is 6.54. The Kier molecular flexibility index (Phi) is 5.04. The lowest BCUT2D eigenvalue weighted by Gasteiger charge is -2.07. The molecule has 108 valence electrons. The molecule has 0 radical (unpaired) electrons. The minimum Gasteiger partial charge on any atom is -0.452 e. The predicted molar refractivity (Wildman–Crippen MR) is 77.5 cm³/mol. The lowest BCUT2D eigenvalue weighted by Crippen LogP contribution is -2.28. The summed E-state index contributed by atoms with van der Waals surface area (Å²) >= 11 is 0. The second-order valence-electron chi connectivity index (χ2n) is 4.57. The van der Waals surface area contributed by atoms with Gasteiger partial charge in [0.05, 0.1) is 5.56 Å². The molecule has 5 nitrogen and oxygen atoms in total. The molecule has 21 heavy (non-hydrogen) atoms. The van der Waals surface area contributed by atoms with Gasteiger partial charge in [0.2, 0.25) is 0 Å². The number of rotatable bonds is 5. The third-order valence-corrected chi connectivity index (χ3v) is 2.86. The van der Waals surface area contributed by atoms with Crippen LogP contribution in [0.4, 0.5) is 0 Å². The predicted octanol–water partition coefficient (Wildman–Crippen LogP) is 1.86. The van der Waals surface area contributed by atoms with Gasteiger partial charge in [-0.3, -0.25) is 9.78 Å². The number of pyridine rings is 1. The average Bonchev–Trinajstić information content (AvgIpc) is 2.53. The first-order valence-electron chi connectivity index (χ1n) is 6.54. The van der Waals surface area contributed by atoms with Crippen LogP contribution in [-0.4, -0.2) is 23.5 Å². The maximum absolute atomic E-state index is 11.6. The second-order valence-corrected chi connectivity index (χ2v) is 4.57. The number of hydrogen-bond donors (Lipinski definition) is 1. The molecule has 1 aromatic heterocycles. The first kappa shape index (κ1) is 14.7. The maximum atomic E-state index is 11.6. The number of aryl methyl sites for hydroxylation is 1. The number of esters is 1. The molecule has 0 bridgehead atoms. The van der Waals surface area contributed by atoms with Crippen molar-refractivity contribution in [2.75, 3.05) is 6.61 Å². The highest BCUT2D eigenvalue weighted by atomic mass is 16.5. The number of carbonyl (C=O) groups is 2. The molecule has 0 unspecified atom stereocenters. The van der Waals surface area contributed by atoms with E-state index in [2.05, 4.69) is 10.3 Å². The Morgan fingerprint density at radius 2 is 1.76 bits per heavy atom. The number of nitrogens with one attached hydrogen (secondary N) is 1. The molecule has 0 saturated heterocycles. The summed E-state index contributed by atoms with van der Waals surface area (Å²) in [6.45, 7) is 2.11. The first-order chi connectivity index (χ1) is 10.1. The highest BCUT2D eigenvalue weighted by molar-refractivity contribution is 5.91. The number of carbonyl (C=O) groups excluding carboxylic acids is 2. The van der Waals surface area contributed by atoms with Gasteiger partial charge in [-0.1, -0.05) is 29.8 Å². The van der Waals surface area contributed by atoms with Crippen molar-refractivity contribution in [2.45, 2.75) is 13.5 Å². The summed E-state index contributed by atoms with van der Waals surface area (Å²) in [5.41, 5.74) is 2.53. The third kappa shape index (κ3) is 4.72. The standard InChI is InChI=1S/C16H16N2O3/c1-12-2-4-13(5-3-12)10-18-15(19)11-21-16(20)14-6-8-17-9-7-14/h2-9H,10-11H2,1H3,(H,18,19). The van der Waals surface area contributed by atoms with Crippen molar-refractivity contribution < 1.29 is 14.3 Å². The van der Waals surface area contributed by atoms with Crippen LogP contribution in [0.2, 0.25) is 0 Å². The van der Waals surface area contributed by atoms with Crippen LogP contribution in [0.3, 0.4) is 0 Å². The zero-order chi connectivity index (χ0) is 15.1. The number of ether oxygens (including phenoxy) is 1. The van der Waals surface area contributed by atoms with E-state index in [1.165, 1.54) is 24.5 Å². The smallest absolute Gasteiger partial charge is 0.338 e. The zero-order valence-corrected chi connectivity index (χ0v) is 11.7. The Hall–Kier alpha value is -2.69. The van der Waals surface area contributed by atoms with Crippen LogP contribution in [0.1, 0.15) is 21.5 Å². The molecule has 0 saturated carbocycles. The van der Waals surface area contributed by atoms with E-state index in [0.717, 1.165) is 11.1 Å². The van der Waals surface area contributed by atoms with E-state index in [9.17, 15) is 9.59 Å². The molecule has 1 heterocycles. The van der Waals surface area contributed by atoms with E-state index in [0.29, 0.717) is 12.1 Å². The molecule has 1 aromatic carbocycles. The summed E-state index contributed by atoms with van der Waals surface area (Å²) in [6, 6.07) is 10.9. The van der Waals surface area contributed by atoms with Crippen molar-refractivity contribution in [1.82, 2.24) is 10.3 Å². The molecule has 0 aliphatic carbocycles. The Bertz CT molecular complexity index is 609. The van der Waals surface area contributed by atoms with Gasteiger partial charge in [-0.05, 0) is 24.6 Å². The molecule has 0 aliphatic rings. The topological polar surface area (TPSA) is 68.3 Å². The number of hydrogen-bond acceptors (Lipinski definition) is 4. The van der Waals surface area contributed by atoms with Gasteiger partial charge >= 0.3 is 5.97 Å². The summed E-state index contributed by atoms with van der Waals surface area (Å²) in [5, 5.41) is 2.70. The highest BCUT2D eigenvalue weighted by Crippen LogP contribution is 2.02. The van der Waals surface area contributed by atoms with Crippen LogP contribution in [0, 0.1) is 6.92 Å². The molecule has 0 atom stereocenters.